The number of hydrogen-bond acceptors (Lipinski definition) is 4. The highest BCUT2D eigenvalue weighted by Gasteiger charge is 2.27. The lowest BCUT2D eigenvalue weighted by Gasteiger charge is -2.40. The van der Waals surface area contributed by atoms with Gasteiger partial charge in [-0.15, -0.1) is 24.0 Å². The number of likely N-dealkylation sites (tertiary alicyclic amines) is 1. The molecule has 164 valence electrons. The zero-order valence-corrected chi connectivity index (χ0v) is 20.5. The number of morpholine rings is 1. The Labute approximate surface area is 189 Å². The van der Waals surface area contributed by atoms with Crippen LogP contribution in [0.15, 0.2) is 4.99 Å². The standard InChI is InChI=1S/C21H41N5O.HI/c1-17(26-13-14-27-16-18(26)2)15-23-21(22-3)24-19-9-11-25(12-10-19)20-7-5-4-6-8-20;/h17-20H,4-16H2,1-3H3,(H2,22,23,24);1H. The average Bonchev–Trinajstić information content (AvgIpc) is 2.72. The van der Waals surface area contributed by atoms with E-state index in [0.717, 1.165) is 38.3 Å². The van der Waals surface area contributed by atoms with E-state index in [1.54, 1.807) is 0 Å². The molecule has 2 N–H and O–H groups in total. The maximum atomic E-state index is 5.56. The summed E-state index contributed by atoms with van der Waals surface area (Å²) in [5.41, 5.74) is 0. The van der Waals surface area contributed by atoms with Gasteiger partial charge in [-0.3, -0.25) is 9.89 Å². The van der Waals surface area contributed by atoms with Crippen LogP contribution in [-0.2, 0) is 4.74 Å². The summed E-state index contributed by atoms with van der Waals surface area (Å²) in [5, 5.41) is 7.22. The Morgan fingerprint density at radius 1 is 1.11 bits per heavy atom. The van der Waals surface area contributed by atoms with E-state index in [4.69, 9.17) is 4.74 Å². The van der Waals surface area contributed by atoms with E-state index in [9.17, 15) is 0 Å². The van der Waals surface area contributed by atoms with E-state index in [-0.39, 0.29) is 24.0 Å². The molecule has 2 atom stereocenters. The van der Waals surface area contributed by atoms with Crippen molar-refractivity contribution in [3.63, 3.8) is 0 Å². The highest BCUT2D eigenvalue weighted by atomic mass is 127. The minimum Gasteiger partial charge on any atom is -0.379 e. The first-order valence-corrected chi connectivity index (χ1v) is 11.2. The van der Waals surface area contributed by atoms with E-state index >= 15 is 0 Å². The van der Waals surface area contributed by atoms with Gasteiger partial charge in [-0.1, -0.05) is 19.3 Å². The van der Waals surface area contributed by atoms with Gasteiger partial charge in [0.05, 0.1) is 13.2 Å². The second-order valence-corrected chi connectivity index (χ2v) is 8.71. The molecule has 1 aliphatic carbocycles. The van der Waals surface area contributed by atoms with Gasteiger partial charge in [0.15, 0.2) is 5.96 Å². The van der Waals surface area contributed by atoms with Gasteiger partial charge in [0.2, 0.25) is 0 Å². The van der Waals surface area contributed by atoms with Gasteiger partial charge in [0.25, 0.3) is 0 Å². The van der Waals surface area contributed by atoms with Crippen LogP contribution in [0.5, 0.6) is 0 Å². The Bertz CT molecular complexity index is 464. The van der Waals surface area contributed by atoms with Gasteiger partial charge in [0.1, 0.15) is 0 Å². The Balaban J connectivity index is 0.00000280. The Morgan fingerprint density at radius 3 is 2.46 bits per heavy atom. The maximum Gasteiger partial charge on any atom is 0.191 e. The van der Waals surface area contributed by atoms with Crippen molar-refractivity contribution in [3.05, 3.63) is 0 Å². The molecule has 0 aromatic heterocycles. The molecule has 2 unspecified atom stereocenters. The van der Waals surface area contributed by atoms with Crippen molar-refractivity contribution in [1.82, 2.24) is 20.4 Å². The number of ether oxygens (including phenoxy) is 1. The summed E-state index contributed by atoms with van der Waals surface area (Å²) in [5.74, 6) is 0.957. The lowest BCUT2D eigenvalue weighted by molar-refractivity contribution is -0.0174. The molecule has 7 heteroatoms. The molecule has 0 bridgehead atoms. The number of halogens is 1. The van der Waals surface area contributed by atoms with Gasteiger partial charge < -0.3 is 20.3 Å². The third-order valence-corrected chi connectivity index (χ3v) is 6.74. The summed E-state index contributed by atoms with van der Waals surface area (Å²) in [4.78, 5) is 9.74. The zero-order chi connectivity index (χ0) is 19.1. The molecule has 3 fully saturated rings. The number of guanidine groups is 1. The van der Waals surface area contributed by atoms with Crippen LogP contribution in [0.3, 0.4) is 0 Å². The van der Waals surface area contributed by atoms with E-state index in [1.165, 1.54) is 58.0 Å². The van der Waals surface area contributed by atoms with Crippen LogP contribution >= 0.6 is 24.0 Å². The third-order valence-electron chi connectivity index (χ3n) is 6.74. The van der Waals surface area contributed by atoms with E-state index in [2.05, 4.69) is 39.3 Å². The molecular weight excluding hydrogens is 465 g/mol. The fourth-order valence-electron chi connectivity index (χ4n) is 5.00. The molecule has 2 aliphatic heterocycles. The molecule has 2 heterocycles. The molecule has 0 aromatic rings. The van der Waals surface area contributed by atoms with Crippen LogP contribution in [0.2, 0.25) is 0 Å². The van der Waals surface area contributed by atoms with Gasteiger partial charge in [0, 0.05) is 57.4 Å². The van der Waals surface area contributed by atoms with Crippen molar-refractivity contribution in [2.75, 3.05) is 46.4 Å². The molecule has 0 aromatic carbocycles. The van der Waals surface area contributed by atoms with Crippen LogP contribution in [0, 0.1) is 0 Å². The van der Waals surface area contributed by atoms with Crippen molar-refractivity contribution in [3.8, 4) is 0 Å². The molecule has 28 heavy (non-hydrogen) atoms. The summed E-state index contributed by atoms with van der Waals surface area (Å²) in [7, 11) is 1.88. The maximum absolute atomic E-state index is 5.56. The molecular formula is C21H42IN5O. The molecule has 0 spiro atoms. The van der Waals surface area contributed by atoms with E-state index < -0.39 is 0 Å². The molecule has 1 saturated carbocycles. The fraction of sp³-hybridized carbons (Fsp3) is 0.952. The van der Waals surface area contributed by atoms with Gasteiger partial charge in [-0.2, -0.15) is 0 Å². The van der Waals surface area contributed by atoms with Crippen LogP contribution in [0.1, 0.15) is 58.8 Å². The van der Waals surface area contributed by atoms with Gasteiger partial charge in [-0.25, -0.2) is 0 Å². The number of piperidine rings is 1. The fourth-order valence-corrected chi connectivity index (χ4v) is 5.00. The molecule has 0 radical (unpaired) electrons. The SMILES string of the molecule is CN=C(NCC(C)N1CCOCC1C)NC1CCN(C2CCCCC2)CC1.I. The third kappa shape index (κ3) is 6.99. The Morgan fingerprint density at radius 2 is 1.82 bits per heavy atom. The normalized spacial score (nSPS) is 27.8. The molecule has 2 saturated heterocycles. The zero-order valence-electron chi connectivity index (χ0n) is 18.2. The minimum absolute atomic E-state index is 0. The summed E-state index contributed by atoms with van der Waals surface area (Å²) < 4.78 is 5.56. The molecule has 3 aliphatic rings. The number of hydrogen-bond donors (Lipinski definition) is 2. The van der Waals surface area contributed by atoms with Crippen molar-refractivity contribution in [2.24, 2.45) is 4.99 Å². The predicted octanol–water partition coefficient (Wildman–Crippen LogP) is 2.68. The second kappa shape index (κ2) is 12.5. The number of nitrogens with zero attached hydrogens (tertiary/aromatic N) is 3. The molecule has 0 amide bonds. The highest BCUT2D eigenvalue weighted by Crippen LogP contribution is 2.25. The minimum atomic E-state index is 0. The topological polar surface area (TPSA) is 52.1 Å². The van der Waals surface area contributed by atoms with Crippen molar-refractivity contribution in [1.29, 1.82) is 0 Å². The van der Waals surface area contributed by atoms with E-state index in [1.807, 2.05) is 7.05 Å². The summed E-state index contributed by atoms with van der Waals surface area (Å²) in [6.45, 7) is 10.7. The largest absolute Gasteiger partial charge is 0.379 e. The quantitative estimate of drug-likeness (QED) is 0.341. The highest BCUT2D eigenvalue weighted by molar-refractivity contribution is 14.0. The first kappa shape index (κ1) is 24.2. The van der Waals surface area contributed by atoms with Crippen LogP contribution in [-0.4, -0.2) is 86.4 Å². The second-order valence-electron chi connectivity index (χ2n) is 8.71. The first-order chi connectivity index (χ1) is 13.2. The van der Waals surface area contributed by atoms with E-state index in [0.29, 0.717) is 18.1 Å². The number of nitrogens with one attached hydrogen (secondary N) is 2. The van der Waals surface area contributed by atoms with Crippen molar-refractivity contribution >= 4 is 29.9 Å². The monoisotopic (exact) mass is 507 g/mol. The molecule has 6 nitrogen and oxygen atoms in total. The van der Waals surface area contributed by atoms with Crippen molar-refractivity contribution < 1.29 is 4.74 Å². The van der Waals surface area contributed by atoms with Crippen molar-refractivity contribution in [2.45, 2.75) is 83.0 Å². The predicted molar refractivity (Wildman–Crippen MR) is 128 cm³/mol. The van der Waals surface area contributed by atoms with Gasteiger partial charge >= 0.3 is 0 Å². The average molecular weight is 508 g/mol. The first-order valence-electron chi connectivity index (χ1n) is 11.2. The lowest BCUT2D eigenvalue weighted by Crippen LogP contribution is -2.55. The Hall–Kier alpha value is -0.120. The van der Waals surface area contributed by atoms with Crippen LogP contribution < -0.4 is 10.6 Å². The summed E-state index contributed by atoms with van der Waals surface area (Å²) in [6.07, 6.45) is 9.59. The van der Waals surface area contributed by atoms with Crippen LogP contribution in [0.25, 0.3) is 0 Å². The molecule has 3 rings (SSSR count). The number of aliphatic imine (C=N–C) groups is 1. The number of rotatable bonds is 5. The smallest absolute Gasteiger partial charge is 0.191 e. The lowest BCUT2D eigenvalue weighted by atomic mass is 9.92. The Kier molecular flexibility index (Phi) is 10.8. The van der Waals surface area contributed by atoms with Crippen LogP contribution in [0.4, 0.5) is 0 Å². The summed E-state index contributed by atoms with van der Waals surface area (Å²) >= 11 is 0. The van der Waals surface area contributed by atoms with Gasteiger partial charge in [-0.05, 0) is 39.5 Å². The summed E-state index contributed by atoms with van der Waals surface area (Å²) in [6, 6.07) is 2.38.